The summed E-state index contributed by atoms with van der Waals surface area (Å²) in [6.07, 6.45) is 0. The molecule has 3 atom stereocenters. The average molecular weight is 184 g/mol. The summed E-state index contributed by atoms with van der Waals surface area (Å²) in [7, 11) is 1.93. The van der Waals surface area contributed by atoms with Gasteiger partial charge in [-0.3, -0.25) is 4.79 Å². The van der Waals surface area contributed by atoms with Crippen molar-refractivity contribution in [2.24, 2.45) is 11.8 Å². The zero-order chi connectivity index (χ0) is 10.0. The maximum atomic E-state index is 11.7. The van der Waals surface area contributed by atoms with Crippen molar-refractivity contribution < 1.29 is 4.79 Å². The minimum atomic E-state index is 0.212. The molecule has 13 heavy (non-hydrogen) atoms. The standard InChI is InChI=1S/C10H20N2O/c1-7-5-12(6-8(2)11-4)10(13)9(7)3/h7-9,11H,5-6H2,1-4H3. The average Bonchev–Trinajstić information content (AvgIpc) is 2.34. The fourth-order valence-electron chi connectivity index (χ4n) is 1.71. The molecule has 0 aliphatic carbocycles. The van der Waals surface area contributed by atoms with Gasteiger partial charge in [0, 0.05) is 25.0 Å². The number of likely N-dealkylation sites (N-methyl/N-ethyl adjacent to an activating group) is 1. The van der Waals surface area contributed by atoms with E-state index in [-0.39, 0.29) is 5.92 Å². The third-order valence-corrected chi connectivity index (χ3v) is 3.05. The largest absolute Gasteiger partial charge is 0.341 e. The van der Waals surface area contributed by atoms with E-state index < -0.39 is 0 Å². The minimum absolute atomic E-state index is 0.212. The third-order valence-electron chi connectivity index (χ3n) is 3.05. The van der Waals surface area contributed by atoms with Crippen molar-refractivity contribution in [1.82, 2.24) is 10.2 Å². The van der Waals surface area contributed by atoms with E-state index in [0.29, 0.717) is 17.9 Å². The lowest BCUT2D eigenvalue weighted by atomic mass is 10.0. The van der Waals surface area contributed by atoms with E-state index in [4.69, 9.17) is 0 Å². The van der Waals surface area contributed by atoms with E-state index >= 15 is 0 Å². The molecule has 1 aliphatic heterocycles. The maximum Gasteiger partial charge on any atom is 0.225 e. The Morgan fingerprint density at radius 1 is 1.62 bits per heavy atom. The molecule has 1 saturated heterocycles. The van der Waals surface area contributed by atoms with E-state index in [0.717, 1.165) is 13.1 Å². The summed E-state index contributed by atoms with van der Waals surface area (Å²) in [4.78, 5) is 13.6. The predicted octanol–water partition coefficient (Wildman–Crippen LogP) is 0.709. The number of hydrogen-bond donors (Lipinski definition) is 1. The molecule has 1 rings (SSSR count). The molecule has 1 heterocycles. The van der Waals surface area contributed by atoms with E-state index in [1.807, 2.05) is 18.9 Å². The zero-order valence-electron chi connectivity index (χ0n) is 9.00. The lowest BCUT2D eigenvalue weighted by Gasteiger charge is -2.20. The minimum Gasteiger partial charge on any atom is -0.341 e. The number of rotatable bonds is 3. The van der Waals surface area contributed by atoms with Gasteiger partial charge in [-0.25, -0.2) is 0 Å². The summed E-state index contributed by atoms with van der Waals surface area (Å²) in [6.45, 7) is 8.03. The summed E-state index contributed by atoms with van der Waals surface area (Å²) >= 11 is 0. The molecule has 0 saturated carbocycles. The molecule has 3 heteroatoms. The normalized spacial score (nSPS) is 31.1. The van der Waals surface area contributed by atoms with Crippen LogP contribution in [0.5, 0.6) is 0 Å². The van der Waals surface area contributed by atoms with Crippen molar-refractivity contribution >= 4 is 5.91 Å². The second-order valence-electron chi connectivity index (χ2n) is 4.20. The second-order valence-corrected chi connectivity index (χ2v) is 4.20. The summed E-state index contributed by atoms with van der Waals surface area (Å²) < 4.78 is 0. The molecule has 3 unspecified atom stereocenters. The Labute approximate surface area is 80.5 Å². The number of likely N-dealkylation sites (tertiary alicyclic amines) is 1. The van der Waals surface area contributed by atoms with Crippen LogP contribution in [0.1, 0.15) is 20.8 Å². The van der Waals surface area contributed by atoms with Crippen molar-refractivity contribution in [1.29, 1.82) is 0 Å². The van der Waals surface area contributed by atoms with Gasteiger partial charge in [0.1, 0.15) is 0 Å². The lowest BCUT2D eigenvalue weighted by molar-refractivity contribution is -0.130. The molecule has 0 aromatic carbocycles. The Hall–Kier alpha value is -0.570. The highest BCUT2D eigenvalue weighted by atomic mass is 16.2. The van der Waals surface area contributed by atoms with Crippen LogP contribution in [0.25, 0.3) is 0 Å². The van der Waals surface area contributed by atoms with Crippen LogP contribution in [0.3, 0.4) is 0 Å². The van der Waals surface area contributed by atoms with Crippen molar-refractivity contribution in [3.8, 4) is 0 Å². The van der Waals surface area contributed by atoms with Crippen LogP contribution in [0.15, 0.2) is 0 Å². The predicted molar refractivity (Wildman–Crippen MR) is 53.4 cm³/mol. The van der Waals surface area contributed by atoms with Gasteiger partial charge >= 0.3 is 0 Å². The molecule has 76 valence electrons. The highest BCUT2D eigenvalue weighted by Gasteiger charge is 2.34. The van der Waals surface area contributed by atoms with Crippen LogP contribution in [0, 0.1) is 11.8 Å². The molecule has 3 nitrogen and oxygen atoms in total. The third kappa shape index (κ3) is 2.21. The topological polar surface area (TPSA) is 32.3 Å². The molecule has 0 radical (unpaired) electrons. The Balaban J connectivity index is 2.49. The van der Waals surface area contributed by atoms with Crippen LogP contribution in [0.4, 0.5) is 0 Å². The van der Waals surface area contributed by atoms with E-state index in [2.05, 4.69) is 19.2 Å². The number of nitrogens with one attached hydrogen (secondary N) is 1. The van der Waals surface area contributed by atoms with E-state index in [9.17, 15) is 4.79 Å². The van der Waals surface area contributed by atoms with Crippen LogP contribution in [0.2, 0.25) is 0 Å². The molecule has 0 aromatic heterocycles. The molecule has 0 aromatic rings. The van der Waals surface area contributed by atoms with Crippen LogP contribution in [-0.2, 0) is 4.79 Å². The molecular weight excluding hydrogens is 164 g/mol. The van der Waals surface area contributed by atoms with Gasteiger partial charge in [-0.05, 0) is 19.9 Å². The summed E-state index contributed by atoms with van der Waals surface area (Å²) in [5.74, 6) is 1.04. The van der Waals surface area contributed by atoms with E-state index in [1.54, 1.807) is 0 Å². The molecule has 1 aliphatic rings. The molecule has 1 amide bonds. The maximum absolute atomic E-state index is 11.7. The summed E-state index contributed by atoms with van der Waals surface area (Å²) in [5, 5.41) is 3.15. The Morgan fingerprint density at radius 3 is 2.62 bits per heavy atom. The van der Waals surface area contributed by atoms with Crippen molar-refractivity contribution in [3.05, 3.63) is 0 Å². The van der Waals surface area contributed by atoms with Gasteiger partial charge in [0.15, 0.2) is 0 Å². The number of nitrogens with zero attached hydrogens (tertiary/aromatic N) is 1. The Bertz CT molecular complexity index is 193. The van der Waals surface area contributed by atoms with Crippen molar-refractivity contribution in [2.75, 3.05) is 20.1 Å². The first-order valence-electron chi connectivity index (χ1n) is 5.02. The van der Waals surface area contributed by atoms with Crippen LogP contribution < -0.4 is 5.32 Å². The van der Waals surface area contributed by atoms with Crippen LogP contribution in [-0.4, -0.2) is 37.0 Å². The Kier molecular flexibility index (Phi) is 3.31. The highest BCUT2D eigenvalue weighted by Crippen LogP contribution is 2.23. The summed E-state index contributed by atoms with van der Waals surface area (Å²) in [5.41, 5.74) is 0. The molecule has 0 bridgehead atoms. The van der Waals surface area contributed by atoms with Gasteiger partial charge in [0.25, 0.3) is 0 Å². The Morgan fingerprint density at radius 2 is 2.23 bits per heavy atom. The zero-order valence-corrected chi connectivity index (χ0v) is 9.00. The quantitative estimate of drug-likeness (QED) is 0.700. The molecule has 0 spiro atoms. The second kappa shape index (κ2) is 4.09. The number of hydrogen-bond acceptors (Lipinski definition) is 2. The fraction of sp³-hybridized carbons (Fsp3) is 0.900. The highest BCUT2D eigenvalue weighted by molar-refractivity contribution is 5.80. The van der Waals surface area contributed by atoms with Gasteiger partial charge in [0.05, 0.1) is 0 Å². The monoisotopic (exact) mass is 184 g/mol. The van der Waals surface area contributed by atoms with Gasteiger partial charge in [-0.2, -0.15) is 0 Å². The fourth-order valence-corrected chi connectivity index (χ4v) is 1.71. The number of amides is 1. The van der Waals surface area contributed by atoms with Gasteiger partial charge in [0.2, 0.25) is 5.91 Å². The molecular formula is C10H20N2O. The molecule has 1 N–H and O–H groups in total. The van der Waals surface area contributed by atoms with Gasteiger partial charge < -0.3 is 10.2 Å². The molecule has 1 fully saturated rings. The SMILES string of the molecule is CNC(C)CN1CC(C)C(C)C1=O. The number of carbonyl (C=O) groups excluding carboxylic acids is 1. The smallest absolute Gasteiger partial charge is 0.225 e. The lowest BCUT2D eigenvalue weighted by Crippen LogP contribution is -2.38. The van der Waals surface area contributed by atoms with Gasteiger partial charge in [-0.15, -0.1) is 0 Å². The first kappa shape index (κ1) is 10.5. The van der Waals surface area contributed by atoms with Gasteiger partial charge in [-0.1, -0.05) is 13.8 Å². The number of carbonyl (C=O) groups is 1. The summed E-state index contributed by atoms with van der Waals surface area (Å²) in [6, 6.07) is 0.390. The van der Waals surface area contributed by atoms with Crippen molar-refractivity contribution in [2.45, 2.75) is 26.8 Å². The van der Waals surface area contributed by atoms with Crippen molar-refractivity contribution in [3.63, 3.8) is 0 Å². The van der Waals surface area contributed by atoms with E-state index in [1.165, 1.54) is 0 Å². The first-order valence-corrected chi connectivity index (χ1v) is 5.02. The first-order chi connectivity index (χ1) is 6.06. The van der Waals surface area contributed by atoms with Crippen LogP contribution >= 0.6 is 0 Å².